The number of nitrogens with one attached hydrogen (secondary N) is 1. The van der Waals surface area contributed by atoms with Gasteiger partial charge < -0.3 is 15.1 Å². The molecule has 0 radical (unpaired) electrons. The van der Waals surface area contributed by atoms with Gasteiger partial charge in [-0.2, -0.15) is 0 Å². The molecule has 0 bridgehead atoms. The molecule has 0 spiro atoms. The van der Waals surface area contributed by atoms with Gasteiger partial charge in [-0.25, -0.2) is 8.78 Å². The van der Waals surface area contributed by atoms with E-state index in [1.807, 2.05) is 4.90 Å². The minimum absolute atomic E-state index is 0.00560. The Morgan fingerprint density at radius 3 is 2.37 bits per heavy atom. The lowest BCUT2D eigenvalue weighted by Crippen LogP contribution is -2.51. The van der Waals surface area contributed by atoms with Gasteiger partial charge in [-0.05, 0) is 42.8 Å². The van der Waals surface area contributed by atoms with Crippen molar-refractivity contribution < 1.29 is 23.2 Å². The Labute approximate surface area is 173 Å². The number of anilines is 1. The van der Waals surface area contributed by atoms with E-state index in [2.05, 4.69) is 5.32 Å². The van der Waals surface area contributed by atoms with Crippen LogP contribution < -0.4 is 10.2 Å². The van der Waals surface area contributed by atoms with E-state index in [1.54, 1.807) is 23.1 Å². The maximum atomic E-state index is 14.3. The van der Waals surface area contributed by atoms with Crippen molar-refractivity contribution in [3.05, 3.63) is 65.2 Å². The van der Waals surface area contributed by atoms with E-state index in [0.29, 0.717) is 43.0 Å². The Morgan fingerprint density at radius 1 is 1.00 bits per heavy atom. The van der Waals surface area contributed by atoms with Gasteiger partial charge in [0.25, 0.3) is 0 Å². The number of carbonyl (C=O) groups excluding carboxylic acids is 3. The summed E-state index contributed by atoms with van der Waals surface area (Å²) in [7, 11) is 0. The molecule has 2 amide bonds. The predicted octanol–water partition coefficient (Wildman–Crippen LogP) is 2.17. The summed E-state index contributed by atoms with van der Waals surface area (Å²) in [5, 5.41) is 2.56. The van der Waals surface area contributed by atoms with E-state index in [1.165, 1.54) is 31.2 Å². The van der Waals surface area contributed by atoms with Crippen molar-refractivity contribution in [3.8, 4) is 0 Å². The van der Waals surface area contributed by atoms with Gasteiger partial charge in [-0.1, -0.05) is 12.1 Å². The van der Waals surface area contributed by atoms with Crippen LogP contribution in [0.5, 0.6) is 0 Å². The molecule has 158 valence electrons. The molecule has 6 nitrogen and oxygen atoms in total. The minimum Gasteiger partial charge on any atom is -0.366 e. The molecule has 1 aliphatic rings. The van der Waals surface area contributed by atoms with Crippen molar-refractivity contribution in [1.29, 1.82) is 0 Å². The Balaban J connectivity index is 1.47. The second kappa shape index (κ2) is 9.47. The lowest BCUT2D eigenvalue weighted by atomic mass is 10.1. The van der Waals surface area contributed by atoms with E-state index in [0.717, 1.165) is 0 Å². The highest BCUT2D eigenvalue weighted by Gasteiger charge is 2.23. The lowest BCUT2D eigenvalue weighted by Gasteiger charge is -2.36. The number of Topliss-reactive ketones (excluding diaryl/α,β-unsaturated/α-hetero) is 1. The normalized spacial score (nSPS) is 13.8. The molecule has 0 unspecified atom stereocenters. The lowest BCUT2D eigenvalue weighted by molar-refractivity contribution is -0.133. The molecule has 30 heavy (non-hydrogen) atoms. The van der Waals surface area contributed by atoms with Crippen molar-refractivity contribution in [3.63, 3.8) is 0 Å². The topological polar surface area (TPSA) is 69.7 Å². The highest BCUT2D eigenvalue weighted by atomic mass is 19.1. The molecule has 1 saturated heterocycles. The monoisotopic (exact) mass is 415 g/mol. The van der Waals surface area contributed by atoms with E-state index >= 15 is 0 Å². The quantitative estimate of drug-likeness (QED) is 0.735. The second-order valence-electron chi connectivity index (χ2n) is 7.17. The Bertz CT molecular complexity index is 956. The van der Waals surface area contributed by atoms with Crippen LogP contribution in [0.3, 0.4) is 0 Å². The predicted molar refractivity (Wildman–Crippen MR) is 108 cm³/mol. The van der Waals surface area contributed by atoms with Gasteiger partial charge in [0.15, 0.2) is 5.78 Å². The van der Waals surface area contributed by atoms with Gasteiger partial charge >= 0.3 is 0 Å². The van der Waals surface area contributed by atoms with Crippen LogP contribution in [0.25, 0.3) is 0 Å². The van der Waals surface area contributed by atoms with Crippen LogP contribution in [-0.2, 0) is 16.0 Å². The maximum absolute atomic E-state index is 14.3. The standard InChI is InChI=1S/C22H23F2N3O3/c1-15(28)17-5-6-20(19(24)13-17)26-7-9-27(10-8-26)22(30)14-25-21(29)12-16-3-2-4-18(23)11-16/h2-6,11,13H,7-10,12,14H2,1H3,(H,25,29). The van der Waals surface area contributed by atoms with E-state index in [4.69, 9.17) is 0 Å². The van der Waals surface area contributed by atoms with Crippen LogP contribution in [0, 0.1) is 11.6 Å². The Hall–Kier alpha value is -3.29. The third kappa shape index (κ3) is 5.40. The first kappa shape index (κ1) is 21.4. The molecule has 2 aromatic carbocycles. The molecule has 1 fully saturated rings. The van der Waals surface area contributed by atoms with Crippen LogP contribution >= 0.6 is 0 Å². The summed E-state index contributed by atoms with van der Waals surface area (Å²) < 4.78 is 27.5. The van der Waals surface area contributed by atoms with Crippen LogP contribution in [-0.4, -0.2) is 55.2 Å². The number of piperazine rings is 1. The van der Waals surface area contributed by atoms with Crippen LogP contribution in [0.2, 0.25) is 0 Å². The first-order valence-electron chi connectivity index (χ1n) is 9.68. The largest absolute Gasteiger partial charge is 0.366 e. The highest BCUT2D eigenvalue weighted by Crippen LogP contribution is 2.22. The van der Waals surface area contributed by atoms with Crippen molar-refractivity contribution in [2.45, 2.75) is 13.3 Å². The molecule has 1 aliphatic heterocycles. The Kier molecular flexibility index (Phi) is 6.76. The Morgan fingerprint density at radius 2 is 1.73 bits per heavy atom. The highest BCUT2D eigenvalue weighted by molar-refractivity contribution is 5.94. The van der Waals surface area contributed by atoms with Gasteiger partial charge in [0.2, 0.25) is 11.8 Å². The molecule has 2 aromatic rings. The van der Waals surface area contributed by atoms with Crippen molar-refractivity contribution in [1.82, 2.24) is 10.2 Å². The van der Waals surface area contributed by atoms with Crippen molar-refractivity contribution >= 4 is 23.3 Å². The van der Waals surface area contributed by atoms with E-state index in [-0.39, 0.29) is 30.6 Å². The summed E-state index contributed by atoms with van der Waals surface area (Å²) in [6, 6.07) is 10.1. The SMILES string of the molecule is CC(=O)c1ccc(N2CCN(C(=O)CNC(=O)Cc3cccc(F)c3)CC2)c(F)c1. The van der Waals surface area contributed by atoms with Crippen LogP contribution in [0.1, 0.15) is 22.8 Å². The maximum Gasteiger partial charge on any atom is 0.242 e. The number of ketones is 1. The summed E-state index contributed by atoms with van der Waals surface area (Å²) in [4.78, 5) is 39.1. The average Bonchev–Trinajstić information content (AvgIpc) is 2.72. The number of amides is 2. The first-order chi connectivity index (χ1) is 14.3. The number of nitrogens with zero attached hydrogens (tertiary/aromatic N) is 2. The third-order valence-corrected chi connectivity index (χ3v) is 5.02. The molecule has 1 N–H and O–H groups in total. The van der Waals surface area contributed by atoms with Crippen LogP contribution in [0.15, 0.2) is 42.5 Å². The molecule has 0 aliphatic carbocycles. The molecule has 1 heterocycles. The molecule has 0 atom stereocenters. The fourth-order valence-electron chi connectivity index (χ4n) is 3.36. The fourth-order valence-corrected chi connectivity index (χ4v) is 3.36. The molecular weight excluding hydrogens is 392 g/mol. The van der Waals surface area contributed by atoms with Gasteiger partial charge in [0.1, 0.15) is 11.6 Å². The number of halogens is 2. The molecular formula is C22H23F2N3O3. The zero-order valence-electron chi connectivity index (χ0n) is 16.7. The van der Waals surface area contributed by atoms with Gasteiger partial charge in [0.05, 0.1) is 18.7 Å². The second-order valence-corrected chi connectivity index (χ2v) is 7.17. The third-order valence-electron chi connectivity index (χ3n) is 5.02. The minimum atomic E-state index is -0.466. The number of rotatable bonds is 6. The van der Waals surface area contributed by atoms with Gasteiger partial charge in [-0.3, -0.25) is 14.4 Å². The number of benzene rings is 2. The van der Waals surface area contributed by atoms with Crippen molar-refractivity contribution in [2.75, 3.05) is 37.6 Å². The van der Waals surface area contributed by atoms with Gasteiger partial charge in [-0.15, -0.1) is 0 Å². The molecule has 0 aromatic heterocycles. The first-order valence-corrected chi connectivity index (χ1v) is 9.68. The van der Waals surface area contributed by atoms with E-state index in [9.17, 15) is 23.2 Å². The van der Waals surface area contributed by atoms with Gasteiger partial charge in [0, 0.05) is 31.7 Å². The summed E-state index contributed by atoms with van der Waals surface area (Å²) in [5.41, 5.74) is 1.25. The summed E-state index contributed by atoms with van der Waals surface area (Å²) in [5.74, 6) is -1.67. The molecule has 0 saturated carbocycles. The van der Waals surface area contributed by atoms with E-state index < -0.39 is 11.6 Å². The summed E-state index contributed by atoms with van der Waals surface area (Å²) >= 11 is 0. The zero-order chi connectivity index (χ0) is 21.7. The fraction of sp³-hybridized carbons (Fsp3) is 0.318. The number of carbonyl (C=O) groups is 3. The number of hydrogen-bond donors (Lipinski definition) is 1. The smallest absolute Gasteiger partial charge is 0.242 e. The zero-order valence-corrected chi connectivity index (χ0v) is 16.7. The summed E-state index contributed by atoms with van der Waals surface area (Å²) in [6.07, 6.45) is -0.00560. The molecule has 8 heteroatoms. The average molecular weight is 415 g/mol. The molecule has 3 rings (SSSR count). The van der Waals surface area contributed by atoms with Crippen LogP contribution in [0.4, 0.5) is 14.5 Å². The van der Waals surface area contributed by atoms with Crippen molar-refractivity contribution in [2.24, 2.45) is 0 Å². The summed E-state index contributed by atoms with van der Waals surface area (Å²) in [6.45, 7) is 2.92. The number of hydrogen-bond acceptors (Lipinski definition) is 4.